The van der Waals surface area contributed by atoms with Crippen LogP contribution in [0.4, 0.5) is 10.7 Å². The van der Waals surface area contributed by atoms with E-state index in [9.17, 15) is 14.4 Å². The molecule has 0 atom stereocenters. The third-order valence-electron chi connectivity index (χ3n) is 4.97. The lowest BCUT2D eigenvalue weighted by Gasteiger charge is -2.34. The van der Waals surface area contributed by atoms with E-state index < -0.39 is 0 Å². The summed E-state index contributed by atoms with van der Waals surface area (Å²) in [6.07, 6.45) is 1.43. The molecule has 0 unspecified atom stereocenters. The molecule has 8 nitrogen and oxygen atoms in total. The van der Waals surface area contributed by atoms with Crippen molar-refractivity contribution in [2.75, 3.05) is 43.4 Å². The molecule has 0 aliphatic carbocycles. The zero-order valence-electron chi connectivity index (χ0n) is 17.0. The van der Waals surface area contributed by atoms with Gasteiger partial charge in [-0.15, -0.1) is 11.3 Å². The van der Waals surface area contributed by atoms with Crippen molar-refractivity contribution in [2.24, 2.45) is 0 Å². The van der Waals surface area contributed by atoms with E-state index in [-0.39, 0.29) is 30.0 Å². The van der Waals surface area contributed by atoms with E-state index in [0.29, 0.717) is 46.8 Å². The summed E-state index contributed by atoms with van der Waals surface area (Å²) in [5.41, 5.74) is 0.584. The number of furan rings is 1. The second-order valence-corrected chi connectivity index (χ2v) is 8.68. The summed E-state index contributed by atoms with van der Waals surface area (Å²) < 4.78 is 5.07. The first-order valence-corrected chi connectivity index (χ1v) is 11.2. The summed E-state index contributed by atoms with van der Waals surface area (Å²) in [7, 11) is 0. The molecule has 10 heteroatoms. The number of benzene rings is 1. The number of piperazine rings is 1. The number of nitrogens with zero attached hydrogens (tertiary/aromatic N) is 2. The zero-order valence-corrected chi connectivity index (χ0v) is 18.6. The van der Waals surface area contributed by atoms with E-state index in [1.807, 2.05) is 11.0 Å². The van der Waals surface area contributed by atoms with Crippen LogP contribution >= 0.6 is 22.9 Å². The van der Waals surface area contributed by atoms with E-state index in [4.69, 9.17) is 16.0 Å². The number of hydrogen-bond donors (Lipinski definition) is 2. The highest BCUT2D eigenvalue weighted by atomic mass is 35.5. The number of thiophene rings is 1. The van der Waals surface area contributed by atoms with Gasteiger partial charge < -0.3 is 20.0 Å². The highest BCUT2D eigenvalue weighted by Gasteiger charge is 2.24. The molecule has 2 aromatic heterocycles. The van der Waals surface area contributed by atoms with Gasteiger partial charge in [0, 0.05) is 26.2 Å². The van der Waals surface area contributed by atoms with Crippen molar-refractivity contribution in [1.29, 1.82) is 0 Å². The van der Waals surface area contributed by atoms with Crippen molar-refractivity contribution in [3.8, 4) is 0 Å². The minimum absolute atomic E-state index is 0.0892. The Morgan fingerprint density at radius 1 is 0.969 bits per heavy atom. The fourth-order valence-corrected chi connectivity index (χ4v) is 4.37. The van der Waals surface area contributed by atoms with E-state index in [1.165, 1.54) is 17.6 Å². The molecule has 1 saturated heterocycles. The predicted octanol–water partition coefficient (Wildman–Crippen LogP) is 3.64. The summed E-state index contributed by atoms with van der Waals surface area (Å²) in [5, 5.41) is 6.61. The third-order valence-corrected chi connectivity index (χ3v) is 6.29. The number of carbonyl (C=O) groups is 3. The van der Waals surface area contributed by atoms with Crippen LogP contribution in [0.1, 0.15) is 20.2 Å². The highest BCUT2D eigenvalue weighted by molar-refractivity contribution is 7.18. The molecule has 1 fully saturated rings. The van der Waals surface area contributed by atoms with Crippen LogP contribution in [0, 0.1) is 0 Å². The molecule has 3 heterocycles. The van der Waals surface area contributed by atoms with E-state index in [1.54, 1.807) is 47.4 Å². The van der Waals surface area contributed by atoms with Gasteiger partial charge in [-0.1, -0.05) is 23.7 Å². The Morgan fingerprint density at radius 2 is 1.75 bits per heavy atom. The average molecular weight is 473 g/mol. The molecule has 0 spiro atoms. The number of rotatable bonds is 6. The van der Waals surface area contributed by atoms with E-state index in [2.05, 4.69) is 10.6 Å². The molecular formula is C22H21ClN4O4S. The SMILES string of the molecule is O=C(CN1CCN(C(=O)c2ccc(NC(=O)c3ccco3)s2)CC1)Nc1ccccc1Cl. The predicted molar refractivity (Wildman–Crippen MR) is 123 cm³/mol. The van der Waals surface area contributed by atoms with Crippen molar-refractivity contribution in [3.05, 3.63) is 70.5 Å². The van der Waals surface area contributed by atoms with E-state index >= 15 is 0 Å². The Bertz CT molecular complexity index is 1110. The van der Waals surface area contributed by atoms with Crippen molar-refractivity contribution in [3.63, 3.8) is 0 Å². The summed E-state index contributed by atoms with van der Waals surface area (Å²) in [6.45, 7) is 2.45. The molecule has 3 amide bonds. The molecule has 1 aliphatic rings. The van der Waals surface area contributed by atoms with Gasteiger partial charge in [0.2, 0.25) is 5.91 Å². The van der Waals surface area contributed by atoms with Gasteiger partial charge in [0.15, 0.2) is 5.76 Å². The fraction of sp³-hybridized carbons (Fsp3) is 0.227. The number of carbonyl (C=O) groups excluding carboxylic acids is 3. The zero-order chi connectivity index (χ0) is 22.5. The summed E-state index contributed by atoms with van der Waals surface area (Å²) >= 11 is 7.30. The van der Waals surface area contributed by atoms with Gasteiger partial charge in [0.05, 0.1) is 33.4 Å². The molecule has 1 aromatic carbocycles. The van der Waals surface area contributed by atoms with Gasteiger partial charge in [-0.05, 0) is 36.4 Å². The van der Waals surface area contributed by atoms with Crippen LogP contribution in [0.3, 0.4) is 0 Å². The van der Waals surface area contributed by atoms with Crippen molar-refractivity contribution >= 4 is 51.3 Å². The lowest BCUT2D eigenvalue weighted by Crippen LogP contribution is -2.50. The number of amides is 3. The van der Waals surface area contributed by atoms with Crippen LogP contribution < -0.4 is 10.6 Å². The molecule has 4 rings (SSSR count). The largest absolute Gasteiger partial charge is 0.459 e. The lowest BCUT2D eigenvalue weighted by atomic mass is 10.2. The van der Waals surface area contributed by atoms with Crippen LogP contribution in [0.5, 0.6) is 0 Å². The topological polar surface area (TPSA) is 94.9 Å². The summed E-state index contributed by atoms with van der Waals surface area (Å²) in [4.78, 5) is 41.5. The Balaban J connectivity index is 1.25. The summed E-state index contributed by atoms with van der Waals surface area (Å²) in [6, 6.07) is 13.7. The molecule has 2 N–H and O–H groups in total. The van der Waals surface area contributed by atoms with Gasteiger partial charge in [-0.3, -0.25) is 19.3 Å². The van der Waals surface area contributed by atoms with Crippen molar-refractivity contribution < 1.29 is 18.8 Å². The first kappa shape index (κ1) is 22.1. The van der Waals surface area contributed by atoms with Gasteiger partial charge in [0.25, 0.3) is 11.8 Å². The highest BCUT2D eigenvalue weighted by Crippen LogP contribution is 2.25. The van der Waals surface area contributed by atoms with Gasteiger partial charge >= 0.3 is 0 Å². The number of para-hydroxylation sites is 1. The summed E-state index contributed by atoms with van der Waals surface area (Å²) in [5.74, 6) is -0.387. The van der Waals surface area contributed by atoms with Gasteiger partial charge in [-0.25, -0.2) is 0 Å². The second kappa shape index (κ2) is 9.99. The molecule has 0 saturated carbocycles. The van der Waals surface area contributed by atoms with Crippen LogP contribution in [-0.2, 0) is 4.79 Å². The van der Waals surface area contributed by atoms with Crippen molar-refractivity contribution in [2.45, 2.75) is 0 Å². The Kier molecular flexibility index (Phi) is 6.89. The van der Waals surface area contributed by atoms with Crippen LogP contribution in [-0.4, -0.2) is 60.2 Å². The molecular weight excluding hydrogens is 452 g/mol. The van der Waals surface area contributed by atoms with Crippen LogP contribution in [0.25, 0.3) is 0 Å². The number of nitrogens with one attached hydrogen (secondary N) is 2. The maximum atomic E-state index is 12.8. The first-order valence-electron chi connectivity index (χ1n) is 10.0. The number of halogens is 1. The first-order chi connectivity index (χ1) is 15.5. The Labute approximate surface area is 193 Å². The maximum absolute atomic E-state index is 12.8. The smallest absolute Gasteiger partial charge is 0.291 e. The molecule has 32 heavy (non-hydrogen) atoms. The molecule has 0 bridgehead atoms. The molecule has 166 valence electrons. The average Bonchev–Trinajstić information content (AvgIpc) is 3.48. The number of anilines is 2. The normalized spacial score (nSPS) is 14.2. The minimum Gasteiger partial charge on any atom is -0.459 e. The van der Waals surface area contributed by atoms with Gasteiger partial charge in [-0.2, -0.15) is 0 Å². The van der Waals surface area contributed by atoms with Gasteiger partial charge in [0.1, 0.15) is 0 Å². The molecule has 3 aromatic rings. The Morgan fingerprint density at radius 3 is 2.47 bits per heavy atom. The standard InChI is InChI=1S/C22H21ClN4O4S/c23-15-4-1-2-5-16(15)24-19(28)14-26-9-11-27(12-10-26)22(30)18-7-8-20(32-18)25-21(29)17-6-3-13-31-17/h1-8,13H,9-12,14H2,(H,24,28)(H,25,29). The Hall–Kier alpha value is -3.14. The van der Waals surface area contributed by atoms with Crippen molar-refractivity contribution in [1.82, 2.24) is 9.80 Å². The van der Waals surface area contributed by atoms with E-state index in [0.717, 1.165) is 0 Å². The molecule has 1 aliphatic heterocycles. The van der Waals surface area contributed by atoms with Crippen LogP contribution in [0.2, 0.25) is 5.02 Å². The monoisotopic (exact) mass is 472 g/mol. The number of hydrogen-bond acceptors (Lipinski definition) is 6. The second-order valence-electron chi connectivity index (χ2n) is 7.19. The molecule has 0 radical (unpaired) electrons. The van der Waals surface area contributed by atoms with Crippen LogP contribution in [0.15, 0.2) is 59.2 Å². The minimum atomic E-state index is -0.362. The lowest BCUT2D eigenvalue weighted by molar-refractivity contribution is -0.117. The third kappa shape index (κ3) is 5.37. The quantitative estimate of drug-likeness (QED) is 0.571. The fourth-order valence-electron chi connectivity index (χ4n) is 3.32. The maximum Gasteiger partial charge on any atom is 0.291 e.